The second-order valence-electron chi connectivity index (χ2n) is 4.16. The molecule has 0 amide bonds. The summed E-state index contributed by atoms with van der Waals surface area (Å²) in [6, 6.07) is 3.67. The van der Waals surface area contributed by atoms with Gasteiger partial charge in [0, 0.05) is 17.6 Å². The summed E-state index contributed by atoms with van der Waals surface area (Å²) in [5.41, 5.74) is 9.46. The van der Waals surface area contributed by atoms with Gasteiger partial charge in [0.1, 0.15) is 10.7 Å². The molecule has 17 heavy (non-hydrogen) atoms. The number of rotatable bonds is 3. The normalized spacial score (nSPS) is 10.5. The summed E-state index contributed by atoms with van der Waals surface area (Å²) in [4.78, 5) is 0. The van der Waals surface area contributed by atoms with Crippen LogP contribution >= 0.6 is 11.6 Å². The fraction of sp³-hybridized carbons (Fsp3) is 0.250. The van der Waals surface area contributed by atoms with Crippen LogP contribution in [0.5, 0.6) is 0 Å². The molecule has 0 aliphatic carbocycles. The molecule has 4 nitrogen and oxygen atoms in total. The van der Waals surface area contributed by atoms with Crippen molar-refractivity contribution in [2.45, 2.75) is 13.8 Å². The van der Waals surface area contributed by atoms with Crippen molar-refractivity contribution in [2.24, 2.45) is 0 Å². The first-order chi connectivity index (χ1) is 8.08. The first-order valence-corrected chi connectivity index (χ1v) is 5.76. The third-order valence-electron chi connectivity index (χ3n) is 2.44. The minimum Gasteiger partial charge on any atom is -0.399 e. The van der Waals surface area contributed by atoms with Crippen LogP contribution in [0.2, 0.25) is 5.15 Å². The monoisotopic (exact) mass is 250 g/mol. The lowest BCUT2D eigenvalue weighted by atomic mass is 10.2. The number of hydrogen-bond acceptors (Lipinski definition) is 3. The molecule has 4 N–H and O–H groups in total. The second-order valence-corrected chi connectivity index (χ2v) is 4.54. The van der Waals surface area contributed by atoms with Crippen LogP contribution in [-0.4, -0.2) is 16.7 Å². The number of benzene rings is 1. The van der Waals surface area contributed by atoms with Gasteiger partial charge in [-0.3, -0.25) is 5.10 Å². The van der Waals surface area contributed by atoms with Gasteiger partial charge >= 0.3 is 0 Å². The lowest BCUT2D eigenvalue weighted by Gasteiger charge is -2.06. The highest BCUT2D eigenvalue weighted by molar-refractivity contribution is 6.34. The zero-order valence-corrected chi connectivity index (χ0v) is 10.6. The molecule has 0 unspecified atom stereocenters. The predicted octanol–water partition coefficient (Wildman–Crippen LogP) is 3.18. The zero-order chi connectivity index (χ0) is 12.4. The Labute approximate surface area is 105 Å². The maximum Gasteiger partial charge on any atom is 0.132 e. The van der Waals surface area contributed by atoms with Crippen molar-refractivity contribution in [1.29, 1.82) is 0 Å². The minimum atomic E-state index is 0.512. The number of anilines is 2. The van der Waals surface area contributed by atoms with Gasteiger partial charge in [0.25, 0.3) is 0 Å². The van der Waals surface area contributed by atoms with E-state index in [0.717, 1.165) is 23.1 Å². The number of fused-ring (bicyclic) bond motifs is 1. The van der Waals surface area contributed by atoms with E-state index < -0.39 is 0 Å². The number of nitrogens with one attached hydrogen (secondary N) is 2. The molecule has 0 aliphatic heterocycles. The van der Waals surface area contributed by atoms with Crippen LogP contribution < -0.4 is 11.1 Å². The molecule has 0 saturated heterocycles. The van der Waals surface area contributed by atoms with Crippen LogP contribution in [0.4, 0.5) is 11.4 Å². The summed E-state index contributed by atoms with van der Waals surface area (Å²) in [5.74, 6) is 0. The largest absolute Gasteiger partial charge is 0.399 e. The van der Waals surface area contributed by atoms with Crippen LogP contribution in [0.3, 0.4) is 0 Å². The van der Waals surface area contributed by atoms with E-state index in [1.807, 2.05) is 12.1 Å². The van der Waals surface area contributed by atoms with E-state index >= 15 is 0 Å². The van der Waals surface area contributed by atoms with Gasteiger partial charge in [-0.15, -0.1) is 0 Å². The van der Waals surface area contributed by atoms with E-state index in [-0.39, 0.29) is 0 Å². The van der Waals surface area contributed by atoms with E-state index in [4.69, 9.17) is 17.3 Å². The van der Waals surface area contributed by atoms with Gasteiger partial charge in [0.15, 0.2) is 0 Å². The lowest BCUT2D eigenvalue weighted by molar-refractivity contribution is 1.12. The smallest absolute Gasteiger partial charge is 0.132 e. The van der Waals surface area contributed by atoms with Gasteiger partial charge in [-0.05, 0) is 26.0 Å². The molecule has 0 aliphatic rings. The molecule has 1 aromatic carbocycles. The second kappa shape index (κ2) is 4.67. The molecule has 2 rings (SSSR count). The molecule has 0 spiro atoms. The van der Waals surface area contributed by atoms with Crippen molar-refractivity contribution in [3.05, 3.63) is 28.9 Å². The van der Waals surface area contributed by atoms with Crippen LogP contribution in [-0.2, 0) is 0 Å². The summed E-state index contributed by atoms with van der Waals surface area (Å²) < 4.78 is 0. The molecule has 1 aromatic heterocycles. The van der Waals surface area contributed by atoms with Gasteiger partial charge < -0.3 is 11.1 Å². The number of hydrogen-bond donors (Lipinski definition) is 3. The number of H-pyrrole nitrogens is 1. The molecule has 0 bridgehead atoms. The number of aromatic amines is 1. The average Bonchev–Trinajstić information content (AvgIpc) is 2.60. The van der Waals surface area contributed by atoms with Gasteiger partial charge in [-0.25, -0.2) is 0 Å². The molecule has 0 fully saturated rings. The van der Waals surface area contributed by atoms with Crippen molar-refractivity contribution in [2.75, 3.05) is 17.6 Å². The molecule has 0 radical (unpaired) electrons. The third kappa shape index (κ3) is 2.53. The highest BCUT2D eigenvalue weighted by Gasteiger charge is 2.08. The van der Waals surface area contributed by atoms with E-state index in [1.165, 1.54) is 5.57 Å². The highest BCUT2D eigenvalue weighted by Crippen LogP contribution is 2.29. The minimum absolute atomic E-state index is 0.512. The maximum atomic E-state index is 5.99. The van der Waals surface area contributed by atoms with E-state index in [1.54, 1.807) is 0 Å². The summed E-state index contributed by atoms with van der Waals surface area (Å²) in [6.07, 6.45) is 2.10. The Balaban J connectivity index is 2.36. The van der Waals surface area contributed by atoms with E-state index in [2.05, 4.69) is 35.4 Å². The van der Waals surface area contributed by atoms with Crippen LogP contribution in [0.1, 0.15) is 13.8 Å². The summed E-state index contributed by atoms with van der Waals surface area (Å²) in [6.45, 7) is 4.86. The summed E-state index contributed by atoms with van der Waals surface area (Å²) in [7, 11) is 0. The SMILES string of the molecule is CC(C)=CCNc1cc(N)cc2c(Cl)[nH]nc12. The van der Waals surface area contributed by atoms with Crippen molar-refractivity contribution in [3.63, 3.8) is 0 Å². The number of nitrogens with two attached hydrogens (primary N) is 1. The average molecular weight is 251 g/mol. The highest BCUT2D eigenvalue weighted by atomic mass is 35.5. The fourth-order valence-electron chi connectivity index (χ4n) is 1.61. The third-order valence-corrected chi connectivity index (χ3v) is 2.73. The van der Waals surface area contributed by atoms with Crippen LogP contribution in [0, 0.1) is 0 Å². The quantitative estimate of drug-likeness (QED) is 0.579. The van der Waals surface area contributed by atoms with Gasteiger partial charge in [-0.1, -0.05) is 23.3 Å². The molecule has 0 saturated carbocycles. The van der Waals surface area contributed by atoms with Gasteiger partial charge in [-0.2, -0.15) is 5.10 Å². The fourth-order valence-corrected chi connectivity index (χ4v) is 1.80. The maximum absolute atomic E-state index is 5.99. The van der Waals surface area contributed by atoms with Crippen LogP contribution in [0.25, 0.3) is 10.9 Å². The molecular formula is C12H15ClN4. The molecular weight excluding hydrogens is 236 g/mol. The molecule has 1 heterocycles. The topological polar surface area (TPSA) is 66.7 Å². The lowest BCUT2D eigenvalue weighted by Crippen LogP contribution is -2.00. The standard InChI is InChI=1S/C12H15ClN4/c1-7(2)3-4-15-10-6-8(14)5-9-11(10)16-17-12(9)13/h3,5-6,15H,4,14H2,1-2H3,(H,16,17). The van der Waals surface area contributed by atoms with Gasteiger partial charge in [0.2, 0.25) is 0 Å². The Hall–Kier alpha value is -1.68. The Morgan fingerprint density at radius 2 is 2.29 bits per heavy atom. The first-order valence-electron chi connectivity index (χ1n) is 5.38. The Bertz CT molecular complexity index is 567. The number of nitrogens with zero attached hydrogens (tertiary/aromatic N) is 1. The Morgan fingerprint density at radius 1 is 1.53 bits per heavy atom. The number of nitrogen functional groups attached to an aromatic ring is 1. The Kier molecular flexibility index (Phi) is 3.24. The molecule has 0 atom stereocenters. The van der Waals surface area contributed by atoms with Crippen molar-refractivity contribution in [1.82, 2.24) is 10.2 Å². The van der Waals surface area contributed by atoms with Crippen molar-refractivity contribution in [3.8, 4) is 0 Å². The van der Waals surface area contributed by atoms with E-state index in [9.17, 15) is 0 Å². The number of halogens is 1. The zero-order valence-electron chi connectivity index (χ0n) is 9.84. The number of aromatic nitrogens is 2. The predicted molar refractivity (Wildman–Crippen MR) is 73.4 cm³/mol. The molecule has 2 aromatic rings. The van der Waals surface area contributed by atoms with Crippen LogP contribution in [0.15, 0.2) is 23.8 Å². The summed E-state index contributed by atoms with van der Waals surface area (Å²) in [5, 5.41) is 11.5. The van der Waals surface area contributed by atoms with Gasteiger partial charge in [0.05, 0.1) is 5.69 Å². The molecule has 90 valence electrons. The van der Waals surface area contributed by atoms with Crippen molar-refractivity contribution < 1.29 is 0 Å². The summed E-state index contributed by atoms with van der Waals surface area (Å²) >= 11 is 5.99. The Morgan fingerprint density at radius 3 is 3.00 bits per heavy atom. The first kappa shape index (κ1) is 11.8. The van der Waals surface area contributed by atoms with E-state index in [0.29, 0.717) is 10.8 Å². The van der Waals surface area contributed by atoms with Crippen molar-refractivity contribution >= 4 is 33.9 Å². The number of allylic oxidation sites excluding steroid dienone is 1. The molecule has 5 heteroatoms.